The van der Waals surface area contributed by atoms with Crippen LogP contribution >= 0.6 is 0 Å². The second-order valence-electron chi connectivity index (χ2n) is 5.25. The lowest BCUT2D eigenvalue weighted by Crippen LogP contribution is -2.26. The Morgan fingerprint density at radius 3 is 2.81 bits per heavy atom. The van der Waals surface area contributed by atoms with Crippen LogP contribution in [0, 0.1) is 0 Å². The molecule has 1 saturated heterocycles. The molecule has 1 atom stereocenters. The second kappa shape index (κ2) is 4.41. The summed E-state index contributed by atoms with van der Waals surface area (Å²) in [5.74, 6) is 1.04. The van der Waals surface area contributed by atoms with E-state index in [1.807, 2.05) is 0 Å². The molecule has 1 aromatic rings. The molecule has 90 valence electrons. The monoisotopic (exact) mass is 225 g/mol. The number of ether oxygens (including phenoxy) is 1. The highest BCUT2D eigenvalue weighted by Crippen LogP contribution is 2.24. The maximum Gasteiger partial charge on any atom is 0.321 e. The lowest BCUT2D eigenvalue weighted by Gasteiger charge is -2.19. The number of nitrogens with one attached hydrogen (secondary N) is 1. The number of anilines is 1. The van der Waals surface area contributed by atoms with Gasteiger partial charge in [0.2, 0.25) is 0 Å². The Kier molecular flexibility index (Phi) is 3.14. The molecule has 5 heteroatoms. The topological polar surface area (TPSA) is 60.2 Å². The summed E-state index contributed by atoms with van der Waals surface area (Å²) in [6, 6.07) is 0.494. The third-order valence-electron chi connectivity index (χ3n) is 2.45. The molecule has 0 amide bonds. The van der Waals surface area contributed by atoms with Gasteiger partial charge in [0.1, 0.15) is 0 Å². The van der Waals surface area contributed by atoms with E-state index in [1.165, 1.54) is 0 Å². The molecule has 0 bridgehead atoms. The summed E-state index contributed by atoms with van der Waals surface area (Å²) in [7, 11) is 0. The SMILES string of the molecule is CC(C)(C)Nc1nc(C2CCCOC2)no1. The fourth-order valence-corrected chi connectivity index (χ4v) is 1.72. The summed E-state index contributed by atoms with van der Waals surface area (Å²) in [6.07, 6.45) is 2.15. The predicted octanol–water partition coefficient (Wildman–Crippen LogP) is 2.17. The zero-order valence-corrected chi connectivity index (χ0v) is 10.1. The van der Waals surface area contributed by atoms with Gasteiger partial charge in [0.15, 0.2) is 5.82 Å². The summed E-state index contributed by atoms with van der Waals surface area (Å²) >= 11 is 0. The Morgan fingerprint density at radius 2 is 2.19 bits per heavy atom. The summed E-state index contributed by atoms with van der Waals surface area (Å²) in [6.45, 7) is 7.72. The standard InChI is InChI=1S/C11H19N3O2/c1-11(2,3)13-10-12-9(14-16-10)8-5-4-6-15-7-8/h8H,4-7H2,1-3H3,(H,12,13,14). The predicted molar refractivity (Wildman–Crippen MR) is 60.5 cm³/mol. The van der Waals surface area contributed by atoms with Crippen molar-refractivity contribution < 1.29 is 9.26 Å². The molecule has 1 N–H and O–H groups in total. The molecule has 5 nitrogen and oxygen atoms in total. The van der Waals surface area contributed by atoms with Crippen molar-refractivity contribution >= 4 is 6.01 Å². The van der Waals surface area contributed by atoms with Crippen LogP contribution in [0.4, 0.5) is 6.01 Å². The van der Waals surface area contributed by atoms with Crippen LogP contribution in [0.15, 0.2) is 4.52 Å². The molecule has 1 aromatic heterocycles. The smallest absolute Gasteiger partial charge is 0.321 e. The first kappa shape index (κ1) is 11.4. The first-order valence-corrected chi connectivity index (χ1v) is 5.74. The molecular formula is C11H19N3O2. The number of rotatable bonds is 2. The van der Waals surface area contributed by atoms with Crippen molar-refractivity contribution in [3.05, 3.63) is 5.82 Å². The van der Waals surface area contributed by atoms with Gasteiger partial charge in [-0.05, 0) is 33.6 Å². The van der Waals surface area contributed by atoms with Crippen molar-refractivity contribution in [3.8, 4) is 0 Å². The Labute approximate surface area is 95.6 Å². The molecule has 2 rings (SSSR count). The Bertz CT molecular complexity index is 337. The highest BCUT2D eigenvalue weighted by atomic mass is 16.5. The van der Waals surface area contributed by atoms with Crippen molar-refractivity contribution in [2.45, 2.75) is 45.1 Å². The van der Waals surface area contributed by atoms with Gasteiger partial charge in [0.05, 0.1) is 6.61 Å². The molecule has 0 aliphatic carbocycles. The fraction of sp³-hybridized carbons (Fsp3) is 0.818. The highest BCUT2D eigenvalue weighted by molar-refractivity contribution is 5.23. The summed E-state index contributed by atoms with van der Waals surface area (Å²) in [5.41, 5.74) is -0.0626. The van der Waals surface area contributed by atoms with Crippen LogP contribution in [0.2, 0.25) is 0 Å². The van der Waals surface area contributed by atoms with Gasteiger partial charge in [0, 0.05) is 18.1 Å². The van der Waals surface area contributed by atoms with Gasteiger partial charge in [-0.1, -0.05) is 5.16 Å². The molecule has 0 aromatic carbocycles. The lowest BCUT2D eigenvalue weighted by atomic mass is 10.0. The molecule has 1 fully saturated rings. The molecule has 0 radical (unpaired) electrons. The normalized spacial score (nSPS) is 22.1. The highest BCUT2D eigenvalue weighted by Gasteiger charge is 2.22. The minimum atomic E-state index is -0.0626. The molecule has 1 aliphatic heterocycles. The van der Waals surface area contributed by atoms with E-state index in [0.717, 1.165) is 25.3 Å². The molecule has 0 spiro atoms. The summed E-state index contributed by atoms with van der Waals surface area (Å²) in [4.78, 5) is 4.35. The number of nitrogens with zero attached hydrogens (tertiary/aromatic N) is 2. The number of hydrogen-bond donors (Lipinski definition) is 1. The van der Waals surface area contributed by atoms with Gasteiger partial charge >= 0.3 is 6.01 Å². The quantitative estimate of drug-likeness (QED) is 0.835. The van der Waals surface area contributed by atoms with E-state index in [4.69, 9.17) is 9.26 Å². The summed E-state index contributed by atoms with van der Waals surface area (Å²) < 4.78 is 10.6. The lowest BCUT2D eigenvalue weighted by molar-refractivity contribution is 0.0773. The van der Waals surface area contributed by atoms with E-state index in [1.54, 1.807) is 0 Å². The van der Waals surface area contributed by atoms with Crippen LogP contribution < -0.4 is 5.32 Å². The van der Waals surface area contributed by atoms with Crippen LogP contribution in [0.1, 0.15) is 45.4 Å². The van der Waals surface area contributed by atoms with E-state index < -0.39 is 0 Å². The van der Waals surface area contributed by atoms with Crippen molar-refractivity contribution in [2.24, 2.45) is 0 Å². The van der Waals surface area contributed by atoms with Gasteiger partial charge in [-0.25, -0.2) is 0 Å². The van der Waals surface area contributed by atoms with E-state index in [0.29, 0.717) is 12.6 Å². The van der Waals surface area contributed by atoms with Gasteiger partial charge in [-0.3, -0.25) is 0 Å². The Balaban J connectivity index is 2.01. The Morgan fingerprint density at radius 1 is 1.38 bits per heavy atom. The van der Waals surface area contributed by atoms with E-state index in [-0.39, 0.29) is 11.5 Å². The maximum atomic E-state index is 5.40. The fourth-order valence-electron chi connectivity index (χ4n) is 1.72. The first-order chi connectivity index (χ1) is 7.54. The average molecular weight is 225 g/mol. The van der Waals surface area contributed by atoms with Crippen LogP contribution in [-0.4, -0.2) is 28.9 Å². The van der Waals surface area contributed by atoms with E-state index >= 15 is 0 Å². The number of aromatic nitrogens is 2. The summed E-state index contributed by atoms with van der Waals surface area (Å²) in [5, 5.41) is 7.15. The third kappa shape index (κ3) is 2.95. The molecule has 1 unspecified atom stereocenters. The van der Waals surface area contributed by atoms with Crippen molar-refractivity contribution in [2.75, 3.05) is 18.5 Å². The minimum Gasteiger partial charge on any atom is -0.381 e. The van der Waals surface area contributed by atoms with Crippen molar-refractivity contribution in [3.63, 3.8) is 0 Å². The largest absolute Gasteiger partial charge is 0.381 e. The second-order valence-corrected chi connectivity index (χ2v) is 5.25. The molecule has 16 heavy (non-hydrogen) atoms. The molecule has 1 aliphatic rings. The van der Waals surface area contributed by atoms with Crippen LogP contribution in [-0.2, 0) is 4.74 Å². The zero-order chi connectivity index (χ0) is 11.6. The van der Waals surface area contributed by atoms with E-state index in [2.05, 4.69) is 36.2 Å². The van der Waals surface area contributed by atoms with Gasteiger partial charge < -0.3 is 14.6 Å². The van der Waals surface area contributed by atoms with Crippen molar-refractivity contribution in [1.82, 2.24) is 10.1 Å². The third-order valence-corrected chi connectivity index (χ3v) is 2.45. The van der Waals surface area contributed by atoms with Crippen molar-refractivity contribution in [1.29, 1.82) is 0 Å². The van der Waals surface area contributed by atoms with Crippen LogP contribution in [0.25, 0.3) is 0 Å². The molecular weight excluding hydrogens is 206 g/mol. The molecule has 0 saturated carbocycles. The van der Waals surface area contributed by atoms with Crippen LogP contribution in [0.3, 0.4) is 0 Å². The Hall–Kier alpha value is -1.10. The van der Waals surface area contributed by atoms with Crippen LogP contribution in [0.5, 0.6) is 0 Å². The zero-order valence-electron chi connectivity index (χ0n) is 10.1. The van der Waals surface area contributed by atoms with Gasteiger partial charge in [-0.15, -0.1) is 0 Å². The molecule has 2 heterocycles. The first-order valence-electron chi connectivity index (χ1n) is 5.74. The van der Waals surface area contributed by atoms with Gasteiger partial charge in [-0.2, -0.15) is 4.98 Å². The van der Waals surface area contributed by atoms with Gasteiger partial charge in [0.25, 0.3) is 0 Å². The average Bonchev–Trinajstić information content (AvgIpc) is 2.65. The minimum absolute atomic E-state index is 0.0626. The van der Waals surface area contributed by atoms with E-state index in [9.17, 15) is 0 Å². The number of hydrogen-bond acceptors (Lipinski definition) is 5. The maximum absolute atomic E-state index is 5.40.